The van der Waals surface area contributed by atoms with Crippen molar-refractivity contribution >= 4 is 18.0 Å². The standard InChI is InChI=1S/C20H31FN4O4/c1-5-6-16(17(26)22-11-12-23-19(28)29-20(2,3)4)25-18(27)24-13-14-7-9-15(21)10-8-14/h7-10,16H,5-6,11-13H2,1-4H3,(H,22,26)(H,23,28)(H2,24,25,27). The third-order valence-electron chi connectivity index (χ3n) is 3.66. The third kappa shape index (κ3) is 10.9. The Morgan fingerprint density at radius 3 is 2.24 bits per heavy atom. The summed E-state index contributed by atoms with van der Waals surface area (Å²) in [6.07, 6.45) is 0.608. The van der Waals surface area contributed by atoms with Crippen molar-refractivity contribution in [2.24, 2.45) is 0 Å². The van der Waals surface area contributed by atoms with Crippen molar-refractivity contribution in [1.29, 1.82) is 0 Å². The predicted octanol–water partition coefficient (Wildman–Crippen LogP) is 2.43. The maximum atomic E-state index is 12.9. The van der Waals surface area contributed by atoms with Gasteiger partial charge in [0, 0.05) is 19.6 Å². The molecule has 162 valence electrons. The smallest absolute Gasteiger partial charge is 0.407 e. The number of carbonyl (C=O) groups is 3. The van der Waals surface area contributed by atoms with E-state index in [4.69, 9.17) is 4.74 Å². The topological polar surface area (TPSA) is 109 Å². The molecule has 4 amide bonds. The Morgan fingerprint density at radius 1 is 1.03 bits per heavy atom. The van der Waals surface area contributed by atoms with Gasteiger partial charge in [-0.1, -0.05) is 25.5 Å². The van der Waals surface area contributed by atoms with E-state index in [1.807, 2.05) is 6.92 Å². The van der Waals surface area contributed by atoms with E-state index in [9.17, 15) is 18.8 Å². The fourth-order valence-electron chi connectivity index (χ4n) is 2.34. The third-order valence-corrected chi connectivity index (χ3v) is 3.66. The number of hydrogen-bond donors (Lipinski definition) is 4. The molecule has 8 nitrogen and oxygen atoms in total. The first-order valence-electron chi connectivity index (χ1n) is 9.64. The fourth-order valence-corrected chi connectivity index (χ4v) is 2.34. The van der Waals surface area contributed by atoms with Crippen LogP contribution in [0.15, 0.2) is 24.3 Å². The summed E-state index contributed by atoms with van der Waals surface area (Å²) in [5.41, 5.74) is 0.149. The van der Waals surface area contributed by atoms with Gasteiger partial charge in [-0.25, -0.2) is 14.0 Å². The SMILES string of the molecule is CCCC(NC(=O)NCc1ccc(F)cc1)C(=O)NCCNC(=O)OC(C)(C)C. The summed E-state index contributed by atoms with van der Waals surface area (Å²) in [7, 11) is 0. The molecule has 0 saturated heterocycles. The van der Waals surface area contributed by atoms with Gasteiger partial charge in [0.1, 0.15) is 17.5 Å². The second-order valence-corrected chi connectivity index (χ2v) is 7.51. The highest BCUT2D eigenvalue weighted by atomic mass is 19.1. The van der Waals surface area contributed by atoms with Crippen LogP contribution in [0, 0.1) is 5.82 Å². The molecule has 0 fully saturated rings. The zero-order valence-corrected chi connectivity index (χ0v) is 17.4. The molecule has 0 radical (unpaired) electrons. The Morgan fingerprint density at radius 2 is 1.66 bits per heavy atom. The molecule has 0 aliphatic carbocycles. The number of halogens is 1. The Labute approximate surface area is 171 Å². The van der Waals surface area contributed by atoms with E-state index in [0.717, 1.165) is 5.56 Å². The van der Waals surface area contributed by atoms with E-state index in [1.165, 1.54) is 12.1 Å². The van der Waals surface area contributed by atoms with Crippen molar-refractivity contribution in [1.82, 2.24) is 21.3 Å². The van der Waals surface area contributed by atoms with Crippen LogP contribution in [-0.2, 0) is 16.1 Å². The molecule has 0 heterocycles. The lowest BCUT2D eigenvalue weighted by Crippen LogP contribution is -2.50. The van der Waals surface area contributed by atoms with Crippen LogP contribution in [0.5, 0.6) is 0 Å². The number of carbonyl (C=O) groups excluding carboxylic acids is 3. The first-order valence-corrected chi connectivity index (χ1v) is 9.64. The molecule has 9 heteroatoms. The molecule has 0 aliphatic heterocycles. The van der Waals surface area contributed by atoms with Crippen molar-refractivity contribution in [3.8, 4) is 0 Å². The van der Waals surface area contributed by atoms with E-state index >= 15 is 0 Å². The Bertz CT molecular complexity index is 674. The number of nitrogens with one attached hydrogen (secondary N) is 4. The molecule has 1 aromatic carbocycles. The van der Waals surface area contributed by atoms with Crippen molar-refractivity contribution < 1.29 is 23.5 Å². The van der Waals surface area contributed by atoms with E-state index in [0.29, 0.717) is 12.8 Å². The van der Waals surface area contributed by atoms with Crippen molar-refractivity contribution in [3.63, 3.8) is 0 Å². The number of alkyl carbamates (subject to hydrolysis) is 1. The number of urea groups is 1. The van der Waals surface area contributed by atoms with Crippen LogP contribution in [0.1, 0.15) is 46.1 Å². The molecule has 29 heavy (non-hydrogen) atoms. The molecule has 0 aliphatic rings. The first kappa shape index (κ1) is 24.2. The van der Waals surface area contributed by atoms with E-state index in [-0.39, 0.29) is 31.4 Å². The molecule has 0 aromatic heterocycles. The van der Waals surface area contributed by atoms with Gasteiger partial charge in [0.25, 0.3) is 0 Å². The number of benzene rings is 1. The van der Waals surface area contributed by atoms with Gasteiger partial charge in [0.15, 0.2) is 0 Å². The molecule has 1 aromatic rings. The second-order valence-electron chi connectivity index (χ2n) is 7.51. The number of rotatable bonds is 9. The minimum atomic E-state index is -0.699. The summed E-state index contributed by atoms with van der Waals surface area (Å²) in [6, 6.07) is 4.58. The lowest BCUT2D eigenvalue weighted by atomic mass is 10.1. The zero-order valence-electron chi connectivity index (χ0n) is 17.4. The van der Waals surface area contributed by atoms with Gasteiger partial charge in [0.2, 0.25) is 5.91 Å². The van der Waals surface area contributed by atoms with Crippen LogP contribution in [-0.4, -0.2) is 42.8 Å². The van der Waals surface area contributed by atoms with Gasteiger partial charge >= 0.3 is 12.1 Å². The highest BCUT2D eigenvalue weighted by molar-refractivity contribution is 5.87. The fraction of sp³-hybridized carbons (Fsp3) is 0.550. The van der Waals surface area contributed by atoms with Gasteiger partial charge in [0.05, 0.1) is 0 Å². The average Bonchev–Trinajstić information content (AvgIpc) is 2.63. The van der Waals surface area contributed by atoms with Crippen LogP contribution in [0.25, 0.3) is 0 Å². The number of amides is 4. The summed E-state index contributed by atoms with van der Waals surface area (Å²) < 4.78 is 18.0. The summed E-state index contributed by atoms with van der Waals surface area (Å²) in [6.45, 7) is 7.81. The van der Waals surface area contributed by atoms with Gasteiger partial charge in [-0.2, -0.15) is 0 Å². The lowest BCUT2D eigenvalue weighted by molar-refractivity contribution is -0.123. The Hall–Kier alpha value is -2.84. The highest BCUT2D eigenvalue weighted by Gasteiger charge is 2.20. The first-order chi connectivity index (χ1) is 13.6. The molecular formula is C20H31FN4O4. The molecular weight excluding hydrogens is 379 g/mol. The highest BCUT2D eigenvalue weighted by Crippen LogP contribution is 2.06. The quantitative estimate of drug-likeness (QED) is 0.469. The van der Waals surface area contributed by atoms with E-state index in [1.54, 1.807) is 32.9 Å². The summed E-state index contributed by atoms with van der Waals surface area (Å²) in [4.78, 5) is 36.0. The maximum Gasteiger partial charge on any atom is 0.407 e. The molecule has 1 rings (SSSR count). The van der Waals surface area contributed by atoms with Crippen molar-refractivity contribution in [2.45, 2.75) is 58.7 Å². The normalized spacial score (nSPS) is 11.9. The van der Waals surface area contributed by atoms with Crippen molar-refractivity contribution in [3.05, 3.63) is 35.6 Å². The van der Waals surface area contributed by atoms with Crippen LogP contribution in [0.4, 0.5) is 14.0 Å². The molecule has 4 N–H and O–H groups in total. The second kappa shape index (κ2) is 11.9. The van der Waals surface area contributed by atoms with Gasteiger partial charge < -0.3 is 26.0 Å². The number of hydrogen-bond acceptors (Lipinski definition) is 4. The molecule has 1 atom stereocenters. The predicted molar refractivity (Wildman–Crippen MR) is 108 cm³/mol. The molecule has 0 spiro atoms. The minimum absolute atomic E-state index is 0.205. The largest absolute Gasteiger partial charge is 0.444 e. The van der Waals surface area contributed by atoms with Crippen LogP contribution in [0.3, 0.4) is 0 Å². The molecule has 0 saturated carbocycles. The Kier molecular flexibility index (Phi) is 9.91. The van der Waals surface area contributed by atoms with Crippen LogP contribution < -0.4 is 21.3 Å². The molecule has 1 unspecified atom stereocenters. The van der Waals surface area contributed by atoms with Gasteiger partial charge in [-0.05, 0) is 44.9 Å². The maximum absolute atomic E-state index is 12.9. The van der Waals surface area contributed by atoms with E-state index in [2.05, 4.69) is 21.3 Å². The van der Waals surface area contributed by atoms with Crippen molar-refractivity contribution in [2.75, 3.05) is 13.1 Å². The number of ether oxygens (including phenoxy) is 1. The zero-order chi connectivity index (χ0) is 21.9. The van der Waals surface area contributed by atoms with Crippen LogP contribution >= 0.6 is 0 Å². The minimum Gasteiger partial charge on any atom is -0.444 e. The summed E-state index contributed by atoms with van der Waals surface area (Å²) in [5, 5.41) is 10.5. The average molecular weight is 410 g/mol. The van der Waals surface area contributed by atoms with Gasteiger partial charge in [-0.15, -0.1) is 0 Å². The summed E-state index contributed by atoms with van der Waals surface area (Å²) in [5.74, 6) is -0.686. The molecule has 0 bridgehead atoms. The summed E-state index contributed by atoms with van der Waals surface area (Å²) >= 11 is 0. The monoisotopic (exact) mass is 410 g/mol. The van der Waals surface area contributed by atoms with E-state index < -0.39 is 23.8 Å². The van der Waals surface area contributed by atoms with Gasteiger partial charge in [-0.3, -0.25) is 4.79 Å². The Balaban J connectivity index is 2.37. The lowest BCUT2D eigenvalue weighted by Gasteiger charge is -2.20. The van der Waals surface area contributed by atoms with Crippen LogP contribution in [0.2, 0.25) is 0 Å².